The minimum absolute atomic E-state index is 0.230. The molecule has 3 rings (SSSR count). The van der Waals surface area contributed by atoms with E-state index < -0.39 is 11.7 Å². The number of ketones is 1. The van der Waals surface area contributed by atoms with Crippen molar-refractivity contribution >= 4 is 17.5 Å². The number of aryl methyl sites for hydroxylation is 2. The molecule has 1 N–H and O–H groups in total. The molecule has 0 atom stereocenters. The molecule has 1 amide bonds. The van der Waals surface area contributed by atoms with Gasteiger partial charge in [-0.05, 0) is 26.0 Å². The lowest BCUT2D eigenvalue weighted by molar-refractivity contribution is -0.112. The maximum Gasteiger partial charge on any atom is 0.298 e. The van der Waals surface area contributed by atoms with Crippen molar-refractivity contribution in [2.75, 3.05) is 5.32 Å². The molecule has 2 heterocycles. The molecule has 2 aromatic heterocycles. The number of nitrogens with zero attached hydrogens (tertiary/aromatic N) is 4. The fourth-order valence-electron chi connectivity index (χ4n) is 2.40. The number of hydrogen-bond donors (Lipinski definition) is 1. The van der Waals surface area contributed by atoms with Crippen molar-refractivity contribution in [3.8, 4) is 5.69 Å². The van der Waals surface area contributed by atoms with Gasteiger partial charge in [-0.2, -0.15) is 10.2 Å². The lowest BCUT2D eigenvalue weighted by Crippen LogP contribution is -2.24. The molecule has 0 aliphatic heterocycles. The van der Waals surface area contributed by atoms with Gasteiger partial charge in [0.15, 0.2) is 0 Å². The van der Waals surface area contributed by atoms with Crippen LogP contribution in [0.2, 0.25) is 0 Å². The maximum absolute atomic E-state index is 12.3. The zero-order valence-electron chi connectivity index (χ0n) is 13.6. The number of rotatable bonds is 4. The van der Waals surface area contributed by atoms with E-state index in [1.165, 1.54) is 6.20 Å². The van der Waals surface area contributed by atoms with Gasteiger partial charge in [0.25, 0.3) is 11.7 Å². The van der Waals surface area contributed by atoms with Gasteiger partial charge >= 0.3 is 0 Å². The van der Waals surface area contributed by atoms with E-state index in [1.807, 2.05) is 44.2 Å². The molecule has 0 saturated heterocycles. The highest BCUT2D eigenvalue weighted by molar-refractivity contribution is 6.46. The summed E-state index contributed by atoms with van der Waals surface area (Å²) in [6.07, 6.45) is 2.93. The highest BCUT2D eigenvalue weighted by Gasteiger charge is 2.21. The quantitative estimate of drug-likeness (QED) is 0.588. The number of Topliss-reactive ketones (excluding diaryl/α,β-unsaturated/α-hetero) is 1. The highest BCUT2D eigenvalue weighted by atomic mass is 16.2. The largest absolute Gasteiger partial charge is 0.304 e. The third-order valence-electron chi connectivity index (χ3n) is 3.83. The van der Waals surface area contributed by atoms with Crippen LogP contribution < -0.4 is 5.32 Å². The molecule has 0 aliphatic carbocycles. The van der Waals surface area contributed by atoms with Crippen LogP contribution in [0.25, 0.3) is 5.69 Å². The smallest absolute Gasteiger partial charge is 0.298 e. The van der Waals surface area contributed by atoms with Crippen molar-refractivity contribution in [1.29, 1.82) is 0 Å². The van der Waals surface area contributed by atoms with E-state index in [9.17, 15) is 9.59 Å². The van der Waals surface area contributed by atoms with Crippen LogP contribution in [0.4, 0.5) is 5.82 Å². The minimum Gasteiger partial charge on any atom is -0.304 e. The second kappa shape index (κ2) is 6.11. The summed E-state index contributed by atoms with van der Waals surface area (Å²) in [4.78, 5) is 24.6. The fraction of sp³-hybridized carbons (Fsp3) is 0.176. The number of aromatic nitrogens is 4. The van der Waals surface area contributed by atoms with Gasteiger partial charge in [0.2, 0.25) is 0 Å². The molecular weight excluding hydrogens is 306 g/mol. The molecule has 0 radical (unpaired) electrons. The molecule has 0 unspecified atom stereocenters. The third kappa shape index (κ3) is 2.83. The first-order chi connectivity index (χ1) is 11.5. The van der Waals surface area contributed by atoms with Gasteiger partial charge in [-0.25, -0.2) is 4.68 Å². The van der Waals surface area contributed by atoms with Gasteiger partial charge < -0.3 is 5.32 Å². The molecule has 1 aromatic carbocycles. The molecule has 3 aromatic rings. The first-order valence-electron chi connectivity index (χ1n) is 7.43. The average molecular weight is 323 g/mol. The molecule has 0 bridgehead atoms. The van der Waals surface area contributed by atoms with Crippen LogP contribution in [0.1, 0.15) is 21.6 Å². The first-order valence-corrected chi connectivity index (χ1v) is 7.43. The second-order valence-electron chi connectivity index (χ2n) is 5.48. The number of nitrogens with one attached hydrogen (secondary N) is 1. The van der Waals surface area contributed by atoms with Gasteiger partial charge in [0.1, 0.15) is 5.82 Å². The number of carbonyl (C=O) groups excluding carboxylic acids is 2. The Kier molecular flexibility index (Phi) is 3.99. The van der Waals surface area contributed by atoms with Crippen LogP contribution >= 0.6 is 0 Å². The molecule has 0 spiro atoms. The van der Waals surface area contributed by atoms with E-state index in [4.69, 9.17) is 0 Å². The summed E-state index contributed by atoms with van der Waals surface area (Å²) in [6.45, 7) is 3.69. The van der Waals surface area contributed by atoms with Crippen LogP contribution in [0.3, 0.4) is 0 Å². The average Bonchev–Trinajstić information content (AvgIpc) is 3.16. The topological polar surface area (TPSA) is 81.8 Å². The number of carbonyl (C=O) groups is 2. The van der Waals surface area contributed by atoms with Crippen molar-refractivity contribution < 1.29 is 9.59 Å². The molecule has 24 heavy (non-hydrogen) atoms. The van der Waals surface area contributed by atoms with Crippen LogP contribution in [-0.4, -0.2) is 31.3 Å². The van der Waals surface area contributed by atoms with Crippen LogP contribution in [0, 0.1) is 13.8 Å². The minimum atomic E-state index is -0.714. The monoisotopic (exact) mass is 323 g/mol. The van der Waals surface area contributed by atoms with Gasteiger partial charge in [-0.3, -0.25) is 14.3 Å². The van der Waals surface area contributed by atoms with E-state index in [2.05, 4.69) is 15.5 Å². The summed E-state index contributed by atoms with van der Waals surface area (Å²) >= 11 is 0. The van der Waals surface area contributed by atoms with E-state index in [0.717, 1.165) is 16.9 Å². The normalized spacial score (nSPS) is 10.6. The van der Waals surface area contributed by atoms with Gasteiger partial charge in [0.05, 0.1) is 23.1 Å². The SMILES string of the molecule is Cc1nn(C)c(NC(=O)C(=O)c2cnn(-c3ccccc3)c2)c1C. The molecule has 0 saturated carbocycles. The number of amides is 1. The Bertz CT molecular complexity index is 908. The molecule has 0 fully saturated rings. The second-order valence-corrected chi connectivity index (χ2v) is 5.48. The Morgan fingerprint density at radius 3 is 2.46 bits per heavy atom. The van der Waals surface area contributed by atoms with Crippen LogP contribution in [0.15, 0.2) is 42.7 Å². The number of para-hydroxylation sites is 1. The first kappa shape index (κ1) is 15.7. The Labute approximate surface area is 138 Å². The van der Waals surface area contributed by atoms with Crippen LogP contribution in [-0.2, 0) is 11.8 Å². The van der Waals surface area contributed by atoms with Crippen molar-refractivity contribution in [3.05, 3.63) is 59.5 Å². The van der Waals surface area contributed by atoms with Gasteiger partial charge in [-0.1, -0.05) is 18.2 Å². The number of hydrogen-bond acceptors (Lipinski definition) is 4. The van der Waals surface area contributed by atoms with Crippen molar-refractivity contribution in [2.45, 2.75) is 13.8 Å². The lowest BCUT2D eigenvalue weighted by atomic mass is 10.2. The van der Waals surface area contributed by atoms with Gasteiger partial charge in [-0.15, -0.1) is 0 Å². The fourth-order valence-corrected chi connectivity index (χ4v) is 2.40. The summed E-state index contributed by atoms with van der Waals surface area (Å²) in [5, 5.41) is 11.0. The predicted molar refractivity (Wildman–Crippen MR) is 89.2 cm³/mol. The van der Waals surface area contributed by atoms with E-state index in [-0.39, 0.29) is 5.56 Å². The summed E-state index contributed by atoms with van der Waals surface area (Å²) in [5.74, 6) is -0.842. The Morgan fingerprint density at radius 2 is 1.83 bits per heavy atom. The van der Waals surface area contributed by atoms with Gasteiger partial charge in [0, 0.05) is 18.8 Å². The molecular formula is C17H17N5O2. The Balaban J connectivity index is 1.79. The molecule has 7 heteroatoms. The van der Waals surface area contributed by atoms with Crippen LogP contribution in [0.5, 0.6) is 0 Å². The Morgan fingerprint density at radius 1 is 1.12 bits per heavy atom. The molecule has 7 nitrogen and oxygen atoms in total. The number of anilines is 1. The number of benzene rings is 1. The van der Waals surface area contributed by atoms with E-state index >= 15 is 0 Å². The highest BCUT2D eigenvalue weighted by Crippen LogP contribution is 2.17. The summed E-state index contributed by atoms with van der Waals surface area (Å²) < 4.78 is 3.10. The Hall–Kier alpha value is -3.22. The zero-order valence-corrected chi connectivity index (χ0v) is 13.6. The third-order valence-corrected chi connectivity index (χ3v) is 3.83. The van der Waals surface area contributed by atoms with Crippen molar-refractivity contribution in [2.24, 2.45) is 7.05 Å². The maximum atomic E-state index is 12.3. The predicted octanol–water partition coefficient (Wildman–Crippen LogP) is 2.04. The standard InChI is InChI=1S/C17H17N5O2/c1-11-12(2)20-21(3)16(11)19-17(24)15(23)13-9-18-22(10-13)14-7-5-4-6-8-14/h4-10H,1-3H3,(H,19,24). The van der Waals surface area contributed by atoms with E-state index in [1.54, 1.807) is 22.6 Å². The van der Waals surface area contributed by atoms with Crippen molar-refractivity contribution in [3.63, 3.8) is 0 Å². The summed E-state index contributed by atoms with van der Waals surface area (Å²) in [6, 6.07) is 9.37. The molecule has 0 aliphatic rings. The lowest BCUT2D eigenvalue weighted by Gasteiger charge is -2.05. The molecule has 122 valence electrons. The van der Waals surface area contributed by atoms with E-state index in [0.29, 0.717) is 5.82 Å². The summed E-state index contributed by atoms with van der Waals surface area (Å²) in [5.41, 5.74) is 2.68. The van der Waals surface area contributed by atoms with Crippen molar-refractivity contribution in [1.82, 2.24) is 19.6 Å². The zero-order chi connectivity index (χ0) is 17.3. The summed E-state index contributed by atoms with van der Waals surface area (Å²) in [7, 11) is 1.72.